The first kappa shape index (κ1) is 16.8. The van der Waals surface area contributed by atoms with Crippen LogP contribution >= 0.6 is 0 Å². The average molecular weight is 377 g/mol. The van der Waals surface area contributed by atoms with E-state index < -0.39 is 0 Å². The normalized spacial score (nSPS) is 18.1. The van der Waals surface area contributed by atoms with Crippen molar-refractivity contribution in [2.75, 3.05) is 13.3 Å². The SMILES string of the molecule is Cc1cccc(CN2CC(c3noc(-c4ccc5c(c4)OCO5)n3)CC2=O)c1. The number of benzene rings is 2. The quantitative estimate of drug-likeness (QED) is 0.694. The van der Waals surface area contributed by atoms with Gasteiger partial charge in [0, 0.05) is 31.0 Å². The molecule has 3 heterocycles. The van der Waals surface area contributed by atoms with Gasteiger partial charge in [-0.15, -0.1) is 0 Å². The first-order valence-corrected chi connectivity index (χ1v) is 9.22. The molecular formula is C21H19N3O4. The smallest absolute Gasteiger partial charge is 0.258 e. The molecular weight excluding hydrogens is 358 g/mol. The summed E-state index contributed by atoms with van der Waals surface area (Å²) in [6, 6.07) is 13.7. The fourth-order valence-electron chi connectivity index (χ4n) is 3.68. The summed E-state index contributed by atoms with van der Waals surface area (Å²) in [5.41, 5.74) is 3.08. The number of likely N-dealkylation sites (tertiary alicyclic amines) is 1. The van der Waals surface area contributed by atoms with Crippen LogP contribution < -0.4 is 9.47 Å². The van der Waals surface area contributed by atoms with Crippen molar-refractivity contribution in [2.24, 2.45) is 0 Å². The van der Waals surface area contributed by atoms with Crippen LogP contribution in [-0.4, -0.2) is 34.3 Å². The maximum atomic E-state index is 12.5. The molecule has 1 unspecified atom stereocenters. The lowest BCUT2D eigenvalue weighted by atomic mass is 10.1. The lowest BCUT2D eigenvalue weighted by molar-refractivity contribution is -0.128. The van der Waals surface area contributed by atoms with E-state index in [4.69, 9.17) is 14.0 Å². The van der Waals surface area contributed by atoms with Crippen molar-refractivity contribution in [3.63, 3.8) is 0 Å². The van der Waals surface area contributed by atoms with Crippen molar-refractivity contribution >= 4 is 5.91 Å². The highest BCUT2D eigenvalue weighted by Crippen LogP contribution is 2.36. The van der Waals surface area contributed by atoms with E-state index in [0.717, 1.165) is 11.1 Å². The number of amides is 1. The molecule has 0 radical (unpaired) electrons. The third-order valence-electron chi connectivity index (χ3n) is 5.10. The molecule has 7 heteroatoms. The number of rotatable bonds is 4. The summed E-state index contributed by atoms with van der Waals surface area (Å²) in [7, 11) is 0. The van der Waals surface area contributed by atoms with Gasteiger partial charge in [-0.3, -0.25) is 4.79 Å². The van der Waals surface area contributed by atoms with Crippen LogP contribution in [0.25, 0.3) is 11.5 Å². The summed E-state index contributed by atoms with van der Waals surface area (Å²) in [5, 5.41) is 4.12. The Morgan fingerprint density at radius 3 is 2.93 bits per heavy atom. The van der Waals surface area contributed by atoms with Gasteiger partial charge in [0.05, 0.1) is 0 Å². The number of ether oxygens (including phenoxy) is 2. The van der Waals surface area contributed by atoms with Crippen LogP contribution in [0.2, 0.25) is 0 Å². The van der Waals surface area contributed by atoms with Crippen molar-refractivity contribution in [1.29, 1.82) is 0 Å². The summed E-state index contributed by atoms with van der Waals surface area (Å²) >= 11 is 0. The van der Waals surface area contributed by atoms with Crippen molar-refractivity contribution in [3.05, 3.63) is 59.4 Å². The van der Waals surface area contributed by atoms with Gasteiger partial charge in [0.1, 0.15) is 0 Å². The number of hydrogen-bond acceptors (Lipinski definition) is 6. The van der Waals surface area contributed by atoms with E-state index >= 15 is 0 Å². The van der Waals surface area contributed by atoms with Crippen LogP contribution in [0.3, 0.4) is 0 Å². The number of carbonyl (C=O) groups is 1. The van der Waals surface area contributed by atoms with Crippen LogP contribution in [-0.2, 0) is 11.3 Å². The zero-order valence-corrected chi connectivity index (χ0v) is 15.4. The molecule has 1 aromatic heterocycles. The van der Waals surface area contributed by atoms with Crippen molar-refractivity contribution in [3.8, 4) is 23.0 Å². The molecule has 1 amide bonds. The Morgan fingerprint density at radius 2 is 2.04 bits per heavy atom. The predicted octanol–water partition coefficient (Wildman–Crippen LogP) is 3.29. The number of nitrogens with zero attached hydrogens (tertiary/aromatic N) is 3. The van der Waals surface area contributed by atoms with E-state index in [9.17, 15) is 4.79 Å². The summed E-state index contributed by atoms with van der Waals surface area (Å²) < 4.78 is 16.2. The fourth-order valence-corrected chi connectivity index (χ4v) is 3.68. The van der Waals surface area contributed by atoms with E-state index in [2.05, 4.69) is 29.2 Å². The van der Waals surface area contributed by atoms with E-state index in [1.807, 2.05) is 35.2 Å². The molecule has 2 aliphatic rings. The van der Waals surface area contributed by atoms with E-state index in [-0.39, 0.29) is 18.6 Å². The summed E-state index contributed by atoms with van der Waals surface area (Å²) in [6.45, 7) is 3.46. The lowest BCUT2D eigenvalue weighted by Crippen LogP contribution is -2.24. The molecule has 2 aromatic carbocycles. The predicted molar refractivity (Wildman–Crippen MR) is 99.8 cm³/mol. The minimum absolute atomic E-state index is 0.0659. The van der Waals surface area contributed by atoms with Gasteiger partial charge in [0.2, 0.25) is 12.7 Å². The first-order chi connectivity index (χ1) is 13.7. The highest BCUT2D eigenvalue weighted by molar-refractivity contribution is 5.79. The molecule has 2 aliphatic heterocycles. The van der Waals surface area contributed by atoms with E-state index in [1.165, 1.54) is 5.56 Å². The number of fused-ring (bicyclic) bond motifs is 1. The zero-order chi connectivity index (χ0) is 19.1. The molecule has 0 bridgehead atoms. The molecule has 0 N–H and O–H groups in total. The van der Waals surface area contributed by atoms with Gasteiger partial charge < -0.3 is 18.9 Å². The zero-order valence-electron chi connectivity index (χ0n) is 15.4. The number of hydrogen-bond donors (Lipinski definition) is 0. The Morgan fingerprint density at radius 1 is 1.14 bits per heavy atom. The number of aromatic nitrogens is 2. The first-order valence-electron chi connectivity index (χ1n) is 9.22. The molecule has 0 spiro atoms. The lowest BCUT2D eigenvalue weighted by Gasteiger charge is -2.16. The van der Waals surface area contributed by atoms with Crippen molar-refractivity contribution < 1.29 is 18.8 Å². The maximum absolute atomic E-state index is 12.5. The van der Waals surface area contributed by atoms with E-state index in [0.29, 0.717) is 42.7 Å². The van der Waals surface area contributed by atoms with E-state index in [1.54, 1.807) is 0 Å². The Bertz CT molecular complexity index is 1050. The van der Waals surface area contributed by atoms with Gasteiger partial charge in [-0.2, -0.15) is 4.98 Å². The van der Waals surface area contributed by atoms with Gasteiger partial charge in [-0.1, -0.05) is 35.0 Å². The standard InChI is InChI=1S/C21H19N3O4/c1-13-3-2-4-14(7-13)10-24-11-16(9-19(24)25)20-22-21(28-23-20)15-5-6-17-18(8-15)27-12-26-17/h2-8,16H,9-12H2,1H3. The van der Waals surface area contributed by atoms with Crippen molar-refractivity contribution in [1.82, 2.24) is 15.0 Å². The summed E-state index contributed by atoms with van der Waals surface area (Å²) in [6.07, 6.45) is 0.395. The Labute approximate surface area is 161 Å². The third kappa shape index (κ3) is 3.09. The Kier molecular flexibility index (Phi) is 4.00. The monoisotopic (exact) mass is 377 g/mol. The van der Waals surface area contributed by atoms with Gasteiger partial charge in [-0.05, 0) is 30.7 Å². The van der Waals surface area contributed by atoms with Gasteiger partial charge in [-0.25, -0.2) is 0 Å². The average Bonchev–Trinajstić information content (AvgIpc) is 3.41. The molecule has 5 rings (SSSR count). The second-order valence-electron chi connectivity index (χ2n) is 7.19. The van der Waals surface area contributed by atoms with Gasteiger partial charge in [0.25, 0.3) is 5.89 Å². The highest BCUT2D eigenvalue weighted by atomic mass is 16.7. The summed E-state index contributed by atoms with van der Waals surface area (Å²) in [5.74, 6) is 2.39. The molecule has 1 saturated heterocycles. The number of aryl methyl sites for hydroxylation is 1. The van der Waals surface area contributed by atoms with Crippen LogP contribution in [0.15, 0.2) is 47.0 Å². The van der Waals surface area contributed by atoms with Gasteiger partial charge in [0.15, 0.2) is 17.3 Å². The number of carbonyl (C=O) groups excluding carboxylic acids is 1. The Hall–Kier alpha value is -3.35. The van der Waals surface area contributed by atoms with Crippen LogP contribution in [0.5, 0.6) is 11.5 Å². The Balaban J connectivity index is 1.31. The second-order valence-corrected chi connectivity index (χ2v) is 7.19. The van der Waals surface area contributed by atoms with Crippen LogP contribution in [0, 0.1) is 6.92 Å². The molecule has 1 fully saturated rings. The molecule has 3 aromatic rings. The molecule has 1 atom stereocenters. The molecule has 0 saturated carbocycles. The van der Waals surface area contributed by atoms with Crippen LogP contribution in [0.1, 0.15) is 29.3 Å². The third-order valence-corrected chi connectivity index (χ3v) is 5.10. The molecule has 0 aliphatic carbocycles. The highest BCUT2D eigenvalue weighted by Gasteiger charge is 2.34. The summed E-state index contributed by atoms with van der Waals surface area (Å²) in [4.78, 5) is 18.8. The molecule has 7 nitrogen and oxygen atoms in total. The van der Waals surface area contributed by atoms with Crippen LogP contribution in [0.4, 0.5) is 0 Å². The van der Waals surface area contributed by atoms with Crippen molar-refractivity contribution in [2.45, 2.75) is 25.8 Å². The minimum atomic E-state index is -0.0659. The topological polar surface area (TPSA) is 77.7 Å². The second kappa shape index (κ2) is 6.67. The maximum Gasteiger partial charge on any atom is 0.258 e. The minimum Gasteiger partial charge on any atom is -0.454 e. The molecule has 142 valence electrons. The largest absolute Gasteiger partial charge is 0.454 e. The molecule has 28 heavy (non-hydrogen) atoms. The van der Waals surface area contributed by atoms with Gasteiger partial charge >= 0.3 is 0 Å². The fraction of sp³-hybridized carbons (Fsp3) is 0.286.